The summed E-state index contributed by atoms with van der Waals surface area (Å²) in [5.41, 5.74) is 0.408. The Hall–Kier alpha value is -0.540. The molecule has 106 valence electrons. The van der Waals surface area contributed by atoms with Crippen molar-refractivity contribution in [2.75, 3.05) is 27.3 Å². The molecule has 0 aromatic heterocycles. The van der Waals surface area contributed by atoms with Crippen molar-refractivity contribution in [3.8, 4) is 0 Å². The van der Waals surface area contributed by atoms with Crippen molar-refractivity contribution in [3.05, 3.63) is 12.3 Å². The molecular weight excluding hydrogens is 224 g/mol. The standard InChI is InChI=1S/C10H20N2.C5H10O/c1-9(2)7-8-11(5)12(6)10(9,3)4;1-2-4-6-5-3-1/h7-8H,1-6H3;1-5H2. The van der Waals surface area contributed by atoms with Crippen LogP contribution in [-0.2, 0) is 4.74 Å². The number of rotatable bonds is 0. The first-order valence-corrected chi connectivity index (χ1v) is 7.03. The van der Waals surface area contributed by atoms with E-state index < -0.39 is 0 Å². The summed E-state index contributed by atoms with van der Waals surface area (Å²) < 4.78 is 5.07. The number of hydrogen-bond acceptors (Lipinski definition) is 3. The summed E-state index contributed by atoms with van der Waals surface area (Å²) in [6.07, 6.45) is 8.33. The van der Waals surface area contributed by atoms with Crippen LogP contribution in [0.1, 0.15) is 47.0 Å². The normalized spacial score (nSPS) is 26.4. The third kappa shape index (κ3) is 3.48. The maximum absolute atomic E-state index is 5.07. The largest absolute Gasteiger partial charge is 0.381 e. The van der Waals surface area contributed by atoms with Gasteiger partial charge in [0, 0.05) is 44.5 Å². The van der Waals surface area contributed by atoms with Crippen LogP contribution in [0.3, 0.4) is 0 Å². The van der Waals surface area contributed by atoms with Crippen LogP contribution in [0.2, 0.25) is 0 Å². The van der Waals surface area contributed by atoms with Gasteiger partial charge in [0.15, 0.2) is 0 Å². The molecule has 0 N–H and O–H groups in total. The van der Waals surface area contributed by atoms with E-state index in [1.54, 1.807) is 0 Å². The smallest absolute Gasteiger partial charge is 0.0466 e. The highest BCUT2D eigenvalue weighted by Crippen LogP contribution is 2.39. The number of ether oxygens (including phenoxy) is 1. The molecule has 0 bridgehead atoms. The molecule has 18 heavy (non-hydrogen) atoms. The molecule has 2 heterocycles. The molecule has 0 saturated carbocycles. The molecule has 0 radical (unpaired) electrons. The predicted molar refractivity (Wildman–Crippen MR) is 77.2 cm³/mol. The summed E-state index contributed by atoms with van der Waals surface area (Å²) in [6.45, 7) is 11.1. The number of hydrogen-bond donors (Lipinski definition) is 0. The highest BCUT2D eigenvalue weighted by atomic mass is 16.5. The molecule has 0 unspecified atom stereocenters. The van der Waals surface area contributed by atoms with E-state index in [0.717, 1.165) is 13.2 Å². The molecule has 3 nitrogen and oxygen atoms in total. The van der Waals surface area contributed by atoms with Gasteiger partial charge in [0.05, 0.1) is 0 Å². The SMILES string of the molecule is C1CCOCC1.CN1C=CC(C)(C)C(C)(C)N1C. The van der Waals surface area contributed by atoms with Crippen molar-refractivity contribution in [1.82, 2.24) is 10.0 Å². The fraction of sp³-hybridized carbons (Fsp3) is 0.867. The predicted octanol–water partition coefficient (Wildman–Crippen LogP) is 3.28. The van der Waals surface area contributed by atoms with Crippen LogP contribution in [-0.4, -0.2) is 42.9 Å². The van der Waals surface area contributed by atoms with Crippen LogP contribution in [0.25, 0.3) is 0 Å². The van der Waals surface area contributed by atoms with Gasteiger partial charge in [0.1, 0.15) is 0 Å². The second-order valence-electron chi connectivity index (χ2n) is 6.37. The maximum Gasteiger partial charge on any atom is 0.0466 e. The lowest BCUT2D eigenvalue weighted by atomic mass is 9.73. The van der Waals surface area contributed by atoms with E-state index in [1.807, 2.05) is 0 Å². The van der Waals surface area contributed by atoms with Gasteiger partial charge in [-0.25, -0.2) is 5.01 Å². The molecule has 0 aliphatic carbocycles. The zero-order chi connectivity index (χ0) is 13.8. The fourth-order valence-corrected chi connectivity index (χ4v) is 2.10. The van der Waals surface area contributed by atoms with E-state index in [4.69, 9.17) is 4.74 Å². The van der Waals surface area contributed by atoms with E-state index in [-0.39, 0.29) is 11.0 Å². The molecule has 2 aliphatic heterocycles. The first kappa shape index (κ1) is 15.5. The Morgan fingerprint density at radius 1 is 0.944 bits per heavy atom. The molecule has 2 aliphatic rings. The number of hydrazine groups is 1. The van der Waals surface area contributed by atoms with Crippen molar-refractivity contribution in [1.29, 1.82) is 0 Å². The number of nitrogens with zero attached hydrogens (tertiary/aromatic N) is 2. The zero-order valence-electron chi connectivity index (χ0n) is 13.0. The summed E-state index contributed by atoms with van der Waals surface area (Å²) >= 11 is 0. The maximum atomic E-state index is 5.07. The molecular formula is C15H30N2O. The third-order valence-electron chi connectivity index (χ3n) is 4.64. The van der Waals surface area contributed by atoms with E-state index in [1.165, 1.54) is 19.3 Å². The Labute approximate surface area is 113 Å². The van der Waals surface area contributed by atoms with Crippen molar-refractivity contribution >= 4 is 0 Å². The minimum Gasteiger partial charge on any atom is -0.381 e. The molecule has 3 heteroatoms. The van der Waals surface area contributed by atoms with Crippen LogP contribution in [0.5, 0.6) is 0 Å². The van der Waals surface area contributed by atoms with Crippen LogP contribution in [0.4, 0.5) is 0 Å². The minimum absolute atomic E-state index is 0.177. The van der Waals surface area contributed by atoms with E-state index in [2.05, 4.69) is 64.1 Å². The summed E-state index contributed by atoms with van der Waals surface area (Å²) in [7, 11) is 4.21. The Morgan fingerprint density at radius 2 is 1.50 bits per heavy atom. The zero-order valence-corrected chi connectivity index (χ0v) is 13.0. The van der Waals surface area contributed by atoms with Crippen LogP contribution < -0.4 is 0 Å². The van der Waals surface area contributed by atoms with Crippen molar-refractivity contribution in [3.63, 3.8) is 0 Å². The first-order valence-electron chi connectivity index (χ1n) is 7.03. The molecule has 0 aromatic carbocycles. The quantitative estimate of drug-likeness (QED) is 0.660. The van der Waals surface area contributed by atoms with E-state index in [9.17, 15) is 0 Å². The summed E-state index contributed by atoms with van der Waals surface area (Å²) in [4.78, 5) is 0. The van der Waals surface area contributed by atoms with Gasteiger partial charge in [-0.3, -0.25) is 0 Å². The van der Waals surface area contributed by atoms with Gasteiger partial charge < -0.3 is 9.75 Å². The van der Waals surface area contributed by atoms with Crippen molar-refractivity contribution in [2.24, 2.45) is 5.41 Å². The molecule has 0 atom stereocenters. The average molecular weight is 254 g/mol. The first-order chi connectivity index (χ1) is 8.29. The fourth-order valence-electron chi connectivity index (χ4n) is 2.10. The van der Waals surface area contributed by atoms with Crippen LogP contribution >= 0.6 is 0 Å². The van der Waals surface area contributed by atoms with Gasteiger partial charge in [0.2, 0.25) is 0 Å². The molecule has 0 amide bonds. The average Bonchev–Trinajstić information content (AvgIpc) is 2.36. The second-order valence-corrected chi connectivity index (χ2v) is 6.37. The highest BCUT2D eigenvalue weighted by molar-refractivity contribution is 5.09. The van der Waals surface area contributed by atoms with Crippen molar-refractivity contribution in [2.45, 2.75) is 52.5 Å². The van der Waals surface area contributed by atoms with Crippen LogP contribution in [0, 0.1) is 5.41 Å². The lowest BCUT2D eigenvalue weighted by Gasteiger charge is -2.52. The van der Waals surface area contributed by atoms with Gasteiger partial charge in [0.25, 0.3) is 0 Å². The Balaban J connectivity index is 0.000000225. The topological polar surface area (TPSA) is 15.7 Å². The lowest BCUT2D eigenvalue weighted by Crippen LogP contribution is -2.58. The van der Waals surface area contributed by atoms with Gasteiger partial charge in [-0.05, 0) is 33.1 Å². The van der Waals surface area contributed by atoms with Gasteiger partial charge in [-0.2, -0.15) is 0 Å². The molecule has 0 aromatic rings. The molecule has 2 rings (SSSR count). The highest BCUT2D eigenvalue weighted by Gasteiger charge is 2.42. The van der Waals surface area contributed by atoms with Gasteiger partial charge >= 0.3 is 0 Å². The summed E-state index contributed by atoms with van der Waals surface area (Å²) in [5, 5.41) is 4.40. The Kier molecular flexibility index (Phi) is 5.23. The summed E-state index contributed by atoms with van der Waals surface area (Å²) in [5.74, 6) is 0. The molecule has 0 spiro atoms. The monoisotopic (exact) mass is 254 g/mol. The van der Waals surface area contributed by atoms with Crippen molar-refractivity contribution < 1.29 is 4.74 Å². The molecule has 1 saturated heterocycles. The summed E-state index contributed by atoms with van der Waals surface area (Å²) in [6, 6.07) is 0. The second kappa shape index (κ2) is 6.07. The van der Waals surface area contributed by atoms with Gasteiger partial charge in [-0.1, -0.05) is 19.9 Å². The van der Waals surface area contributed by atoms with E-state index >= 15 is 0 Å². The minimum atomic E-state index is 0.177. The van der Waals surface area contributed by atoms with E-state index in [0.29, 0.717) is 0 Å². The lowest BCUT2D eigenvalue weighted by molar-refractivity contribution is -0.0814. The van der Waals surface area contributed by atoms with Crippen LogP contribution in [0.15, 0.2) is 12.3 Å². The Bertz CT molecular complexity index is 269. The van der Waals surface area contributed by atoms with Gasteiger partial charge in [-0.15, -0.1) is 0 Å². The third-order valence-corrected chi connectivity index (χ3v) is 4.64. The molecule has 1 fully saturated rings. The Morgan fingerprint density at radius 3 is 1.83 bits per heavy atom.